The zero-order valence-corrected chi connectivity index (χ0v) is 12.9. The summed E-state index contributed by atoms with van der Waals surface area (Å²) >= 11 is 0. The number of anilines is 2. The predicted octanol–water partition coefficient (Wildman–Crippen LogP) is 1.12. The fourth-order valence-electron chi connectivity index (χ4n) is 1.70. The van der Waals surface area contributed by atoms with E-state index in [0.717, 1.165) is 17.9 Å². The number of hydrogen-bond acceptors (Lipinski definition) is 4. The smallest absolute Gasteiger partial charge is 0.221 e. The Labute approximate surface area is 125 Å². The third kappa shape index (κ3) is 7.94. The fraction of sp³-hybridized carbons (Fsp3) is 0.467. The van der Waals surface area contributed by atoms with Gasteiger partial charge in [0.2, 0.25) is 11.8 Å². The van der Waals surface area contributed by atoms with Gasteiger partial charge >= 0.3 is 0 Å². The molecule has 6 nitrogen and oxygen atoms in total. The van der Waals surface area contributed by atoms with Gasteiger partial charge in [0.15, 0.2) is 0 Å². The summed E-state index contributed by atoms with van der Waals surface area (Å²) in [6.45, 7) is 3.55. The van der Waals surface area contributed by atoms with Gasteiger partial charge in [-0.15, -0.1) is 0 Å². The Morgan fingerprint density at radius 2 is 1.67 bits per heavy atom. The minimum absolute atomic E-state index is 0.0409. The lowest BCUT2D eigenvalue weighted by molar-refractivity contribution is -0.120. The molecule has 0 aromatic heterocycles. The van der Waals surface area contributed by atoms with E-state index in [0.29, 0.717) is 19.5 Å². The molecule has 0 atom stereocenters. The fourth-order valence-corrected chi connectivity index (χ4v) is 1.70. The van der Waals surface area contributed by atoms with E-state index >= 15 is 0 Å². The first-order valence-corrected chi connectivity index (χ1v) is 7.00. The molecule has 0 bridgehead atoms. The van der Waals surface area contributed by atoms with Crippen molar-refractivity contribution in [2.45, 2.75) is 13.3 Å². The summed E-state index contributed by atoms with van der Waals surface area (Å²) in [5, 5.41) is 8.74. The van der Waals surface area contributed by atoms with Crippen LogP contribution in [0, 0.1) is 0 Å². The van der Waals surface area contributed by atoms with Gasteiger partial charge in [-0.2, -0.15) is 0 Å². The minimum atomic E-state index is -0.0925. The second-order valence-electron chi connectivity index (χ2n) is 5.09. The molecule has 0 spiro atoms. The summed E-state index contributed by atoms with van der Waals surface area (Å²) in [5.74, 6) is -0.0516. The lowest BCUT2D eigenvalue weighted by Crippen LogP contribution is -2.32. The van der Waals surface area contributed by atoms with Crippen LogP contribution >= 0.6 is 0 Å². The number of amides is 2. The Bertz CT molecular complexity index is 457. The molecular weight excluding hydrogens is 268 g/mol. The third-order valence-corrected chi connectivity index (χ3v) is 2.77. The largest absolute Gasteiger partial charge is 0.385 e. The molecule has 1 rings (SSSR count). The summed E-state index contributed by atoms with van der Waals surface area (Å²) < 4.78 is 0. The van der Waals surface area contributed by atoms with E-state index in [1.54, 1.807) is 0 Å². The standard InChI is InChI=1S/C15H24N4O2/c1-12(20)18-14-6-4-13(5-7-14)16-9-8-15(21)17-10-11-19(2)3/h4-7,16H,8-11H2,1-3H3,(H,17,21)(H,18,20). The maximum atomic E-state index is 11.6. The molecular formula is C15H24N4O2. The highest BCUT2D eigenvalue weighted by molar-refractivity contribution is 5.88. The van der Waals surface area contributed by atoms with Crippen LogP contribution in [0.1, 0.15) is 13.3 Å². The first-order valence-electron chi connectivity index (χ1n) is 7.00. The molecule has 1 aromatic rings. The molecule has 1 aromatic carbocycles. The van der Waals surface area contributed by atoms with E-state index in [1.165, 1.54) is 6.92 Å². The maximum absolute atomic E-state index is 11.6. The number of nitrogens with one attached hydrogen (secondary N) is 3. The molecule has 2 amide bonds. The number of carbonyl (C=O) groups is 2. The second kappa shape index (κ2) is 8.97. The van der Waals surface area contributed by atoms with Crippen molar-refractivity contribution < 1.29 is 9.59 Å². The minimum Gasteiger partial charge on any atom is -0.385 e. The van der Waals surface area contributed by atoms with Gasteiger partial charge in [-0.05, 0) is 38.4 Å². The Morgan fingerprint density at radius 1 is 1.05 bits per heavy atom. The Morgan fingerprint density at radius 3 is 2.24 bits per heavy atom. The van der Waals surface area contributed by atoms with Crippen LogP contribution in [0.2, 0.25) is 0 Å². The first-order chi connectivity index (χ1) is 9.97. The van der Waals surface area contributed by atoms with Gasteiger partial charge in [-0.25, -0.2) is 0 Å². The predicted molar refractivity (Wildman–Crippen MR) is 85.4 cm³/mol. The monoisotopic (exact) mass is 292 g/mol. The molecule has 0 unspecified atom stereocenters. The van der Waals surface area contributed by atoms with Crippen LogP contribution in [0.25, 0.3) is 0 Å². The molecule has 0 saturated heterocycles. The molecule has 3 N–H and O–H groups in total. The Hall–Kier alpha value is -2.08. The van der Waals surface area contributed by atoms with Crippen molar-refractivity contribution in [3.05, 3.63) is 24.3 Å². The number of likely N-dealkylation sites (N-methyl/N-ethyl adjacent to an activating group) is 1. The summed E-state index contributed by atoms with van der Waals surface area (Å²) in [5.41, 5.74) is 1.68. The van der Waals surface area contributed by atoms with Crippen molar-refractivity contribution in [3.8, 4) is 0 Å². The molecule has 6 heteroatoms. The van der Waals surface area contributed by atoms with E-state index in [-0.39, 0.29) is 11.8 Å². The zero-order chi connectivity index (χ0) is 15.7. The number of carbonyl (C=O) groups excluding carboxylic acids is 2. The molecule has 0 aliphatic heterocycles. The van der Waals surface area contributed by atoms with E-state index < -0.39 is 0 Å². The van der Waals surface area contributed by atoms with Gasteiger partial charge in [-0.3, -0.25) is 9.59 Å². The molecule has 0 aliphatic rings. The van der Waals surface area contributed by atoms with Crippen LogP contribution in [0.5, 0.6) is 0 Å². The molecule has 116 valence electrons. The van der Waals surface area contributed by atoms with Gasteiger partial charge in [-0.1, -0.05) is 0 Å². The highest BCUT2D eigenvalue weighted by atomic mass is 16.2. The second-order valence-corrected chi connectivity index (χ2v) is 5.09. The van der Waals surface area contributed by atoms with Crippen molar-refractivity contribution >= 4 is 23.2 Å². The summed E-state index contributed by atoms with van der Waals surface area (Å²) in [6, 6.07) is 7.38. The normalized spacial score (nSPS) is 10.3. The Kier molecular flexibility index (Phi) is 7.25. The SMILES string of the molecule is CC(=O)Nc1ccc(NCCC(=O)NCCN(C)C)cc1. The third-order valence-electron chi connectivity index (χ3n) is 2.77. The molecule has 0 aliphatic carbocycles. The van der Waals surface area contributed by atoms with Crippen molar-refractivity contribution in [1.29, 1.82) is 0 Å². The first kappa shape index (κ1) is 17.0. The van der Waals surface area contributed by atoms with Crippen molar-refractivity contribution in [2.24, 2.45) is 0 Å². The van der Waals surface area contributed by atoms with E-state index in [1.807, 2.05) is 43.3 Å². The lowest BCUT2D eigenvalue weighted by Gasteiger charge is -2.11. The van der Waals surface area contributed by atoms with Crippen LogP contribution in [0.3, 0.4) is 0 Å². The lowest BCUT2D eigenvalue weighted by atomic mass is 10.2. The number of hydrogen-bond donors (Lipinski definition) is 3. The number of benzene rings is 1. The van der Waals surface area contributed by atoms with Gasteiger partial charge in [0, 0.05) is 44.4 Å². The van der Waals surface area contributed by atoms with Crippen molar-refractivity contribution in [1.82, 2.24) is 10.2 Å². The topological polar surface area (TPSA) is 73.5 Å². The number of nitrogens with zero attached hydrogens (tertiary/aromatic N) is 1. The molecule has 0 heterocycles. The molecule has 0 fully saturated rings. The average molecular weight is 292 g/mol. The van der Waals surface area contributed by atoms with E-state index in [2.05, 4.69) is 16.0 Å². The summed E-state index contributed by atoms with van der Waals surface area (Å²) in [7, 11) is 3.94. The van der Waals surface area contributed by atoms with E-state index in [4.69, 9.17) is 0 Å². The van der Waals surface area contributed by atoms with Crippen LogP contribution in [-0.2, 0) is 9.59 Å². The van der Waals surface area contributed by atoms with Crippen LogP contribution < -0.4 is 16.0 Å². The highest BCUT2D eigenvalue weighted by Gasteiger charge is 2.01. The highest BCUT2D eigenvalue weighted by Crippen LogP contribution is 2.13. The number of rotatable bonds is 8. The van der Waals surface area contributed by atoms with Crippen LogP contribution in [0.15, 0.2) is 24.3 Å². The molecule has 0 saturated carbocycles. The van der Waals surface area contributed by atoms with Gasteiger partial charge in [0.05, 0.1) is 0 Å². The van der Waals surface area contributed by atoms with Crippen LogP contribution in [0.4, 0.5) is 11.4 Å². The quantitative estimate of drug-likeness (QED) is 0.671. The average Bonchev–Trinajstić information content (AvgIpc) is 2.39. The molecule has 0 radical (unpaired) electrons. The van der Waals surface area contributed by atoms with Gasteiger partial charge < -0.3 is 20.9 Å². The van der Waals surface area contributed by atoms with Gasteiger partial charge in [0.25, 0.3) is 0 Å². The van der Waals surface area contributed by atoms with Crippen LogP contribution in [-0.4, -0.2) is 50.4 Å². The summed E-state index contributed by atoms with van der Waals surface area (Å²) in [4.78, 5) is 24.5. The van der Waals surface area contributed by atoms with E-state index in [9.17, 15) is 9.59 Å². The maximum Gasteiger partial charge on any atom is 0.221 e. The van der Waals surface area contributed by atoms with Crippen molar-refractivity contribution in [2.75, 3.05) is 44.4 Å². The van der Waals surface area contributed by atoms with Gasteiger partial charge in [0.1, 0.15) is 0 Å². The molecule has 21 heavy (non-hydrogen) atoms. The Balaban J connectivity index is 2.23. The zero-order valence-electron chi connectivity index (χ0n) is 12.9. The van der Waals surface area contributed by atoms with Crippen molar-refractivity contribution in [3.63, 3.8) is 0 Å². The summed E-state index contributed by atoms with van der Waals surface area (Å²) in [6.07, 6.45) is 0.431.